The summed E-state index contributed by atoms with van der Waals surface area (Å²) in [5, 5.41) is 10.7. The summed E-state index contributed by atoms with van der Waals surface area (Å²) in [5.41, 5.74) is 8.93. The van der Waals surface area contributed by atoms with Gasteiger partial charge in [-0.15, -0.1) is 0 Å². The number of unbranched alkanes of at least 4 members (excludes halogenated alkanes) is 1. The number of carbonyl (C=O) groups is 7. The van der Waals surface area contributed by atoms with E-state index >= 15 is 0 Å². The number of benzene rings is 4. The van der Waals surface area contributed by atoms with Gasteiger partial charge in [0.2, 0.25) is 3.79 Å². The van der Waals surface area contributed by atoms with Crippen molar-refractivity contribution in [1.29, 1.82) is 0 Å². The molecule has 0 heterocycles. The maximum absolute atomic E-state index is 11.7. The van der Waals surface area contributed by atoms with E-state index in [1.165, 1.54) is 39.5 Å². The van der Waals surface area contributed by atoms with Gasteiger partial charge in [0.05, 0.1) is 64.8 Å². The van der Waals surface area contributed by atoms with Crippen molar-refractivity contribution in [3.8, 4) is 11.1 Å². The van der Waals surface area contributed by atoms with Gasteiger partial charge in [-0.2, -0.15) is 0 Å². The van der Waals surface area contributed by atoms with Gasteiger partial charge in [0.1, 0.15) is 32.0 Å². The molecule has 0 radical (unpaired) electrons. The molecular weight excluding hydrogens is 1270 g/mol. The first-order valence-electron chi connectivity index (χ1n) is 31.6. The number of nitro groups is 1. The van der Waals surface area contributed by atoms with E-state index in [2.05, 4.69) is 87.1 Å². The minimum atomic E-state index is -1.51. The summed E-state index contributed by atoms with van der Waals surface area (Å²) in [4.78, 5) is 87.2. The summed E-state index contributed by atoms with van der Waals surface area (Å²) in [6.07, 6.45) is 3.19. The normalized spacial score (nSPS) is 10.9. The standard InChI is InChI=1S/C18H18O2.C11H13NO4.C11H14O2.2C8H16O2.C6H9Cl3O2.C6H10O2.C6H12/c1-12(2)18(19)20-11-17-15-9-5-3-7-13(15)14-8-4-6-10-16(14)17;1-8(2)11(13)16-7-9-5-3-4-6-10(9)12(14)15;1-9(2)11(12)13-8-10-6-4-3-5-7-10;1-6(2)7(9)10-8(3,4)5;1-4-5-6-10-8(9)7(2)3;1-4(2)5(10)11-3-6(7,8)9;1-4-8-6(7)5(2)3;1-5(2)6(3)4/h3-10,12,17H,11H2,1-2H3;3-6,8H,7H2,1-2H3;3-7,9H,8H2,1-2H3;6H,1-5H3;7H,4-6H2,1-3H3;4H,3H2,1-2H3;4-5H,1H2,2-3H3;1-4H3. The summed E-state index contributed by atoms with van der Waals surface area (Å²) in [7, 11) is 0. The van der Waals surface area contributed by atoms with Gasteiger partial charge in [-0.3, -0.25) is 43.7 Å². The Morgan fingerprint density at radius 3 is 1.24 bits per heavy atom. The van der Waals surface area contributed by atoms with Crippen LogP contribution in [0.15, 0.2) is 127 Å². The van der Waals surface area contributed by atoms with Crippen molar-refractivity contribution < 1.29 is 71.6 Å². The van der Waals surface area contributed by atoms with Crippen LogP contribution in [-0.4, -0.2) is 75.9 Å². The highest BCUT2D eigenvalue weighted by molar-refractivity contribution is 6.67. The van der Waals surface area contributed by atoms with Gasteiger partial charge in [-0.05, 0) is 88.8 Å². The lowest BCUT2D eigenvalue weighted by molar-refractivity contribution is -0.385. The van der Waals surface area contributed by atoms with E-state index in [-0.39, 0.29) is 114 Å². The van der Waals surface area contributed by atoms with Crippen molar-refractivity contribution in [3.05, 3.63) is 159 Å². The number of fused-ring (bicyclic) bond motifs is 3. The minimum absolute atomic E-state index is 0.0110. The van der Waals surface area contributed by atoms with E-state index in [1.807, 2.05) is 119 Å². The summed E-state index contributed by atoms with van der Waals surface area (Å²) in [6.45, 7) is 45.6. The predicted octanol–water partition coefficient (Wildman–Crippen LogP) is 18.9. The molecule has 0 N–H and O–H groups in total. The third-order valence-electron chi connectivity index (χ3n) is 12.2. The number of halogens is 3. The van der Waals surface area contributed by atoms with Gasteiger partial charge in [0, 0.05) is 12.0 Å². The maximum Gasteiger partial charge on any atom is 0.313 e. The smallest absolute Gasteiger partial charge is 0.313 e. The lowest BCUT2D eigenvalue weighted by atomic mass is 9.98. The summed E-state index contributed by atoms with van der Waals surface area (Å²) in [5.74, 6) is -1.95. The van der Waals surface area contributed by atoms with Crippen LogP contribution in [0.25, 0.3) is 11.1 Å². The Hall–Kier alpha value is -7.08. The molecule has 0 unspecified atom stereocenters. The Morgan fingerprint density at radius 2 is 0.883 bits per heavy atom. The van der Waals surface area contributed by atoms with Crippen LogP contribution in [0.4, 0.5) is 5.69 Å². The fraction of sp³-hybridized carbons (Fsp3) is 0.527. The van der Waals surface area contributed by atoms with E-state index in [0.717, 1.165) is 24.7 Å². The maximum atomic E-state index is 11.7. The molecule has 526 valence electrons. The first-order valence-corrected chi connectivity index (χ1v) is 32.7. The van der Waals surface area contributed by atoms with Crippen LogP contribution in [0.5, 0.6) is 0 Å². The van der Waals surface area contributed by atoms with Gasteiger partial charge in [-0.25, -0.2) is 0 Å². The highest BCUT2D eigenvalue weighted by Gasteiger charge is 2.29. The monoisotopic (exact) mass is 1370 g/mol. The average Bonchev–Trinajstić information content (AvgIpc) is 1.62. The first kappa shape index (κ1) is 91.1. The first-order chi connectivity index (χ1) is 43.6. The zero-order valence-corrected chi connectivity index (χ0v) is 62.0. The number of hydrogen-bond donors (Lipinski definition) is 0. The van der Waals surface area contributed by atoms with Crippen molar-refractivity contribution in [1.82, 2.24) is 0 Å². The second-order valence-electron chi connectivity index (χ2n) is 24.9. The fourth-order valence-corrected chi connectivity index (χ4v) is 6.40. The number of esters is 7. The average molecular weight is 1370 g/mol. The third-order valence-corrected chi connectivity index (χ3v) is 12.5. The van der Waals surface area contributed by atoms with E-state index in [4.69, 9.17) is 58.5 Å². The van der Waals surface area contributed by atoms with Crippen molar-refractivity contribution in [2.45, 2.75) is 194 Å². The number of alkyl halides is 3. The number of allylic oxidation sites excluding steroid dienone is 2. The van der Waals surface area contributed by atoms with E-state index in [0.29, 0.717) is 25.4 Å². The third kappa shape index (κ3) is 44.5. The van der Waals surface area contributed by atoms with Crippen LogP contribution in [0.3, 0.4) is 0 Å². The Balaban J connectivity index is -0.00000103. The number of hydrogen-bond acceptors (Lipinski definition) is 16. The second kappa shape index (κ2) is 49.5. The molecule has 0 fully saturated rings. The Bertz CT molecular complexity index is 2860. The molecule has 0 amide bonds. The van der Waals surface area contributed by atoms with Gasteiger partial charge >= 0.3 is 41.8 Å². The summed E-state index contributed by atoms with van der Waals surface area (Å²) < 4.78 is 33.0. The molecule has 4 aromatic rings. The van der Waals surface area contributed by atoms with Crippen molar-refractivity contribution in [2.75, 3.05) is 19.8 Å². The molecule has 0 atom stereocenters. The number of rotatable bonds is 19. The Labute approximate surface area is 576 Å². The number of nitro benzene ring substituents is 1. The van der Waals surface area contributed by atoms with Crippen LogP contribution in [0.2, 0.25) is 0 Å². The van der Waals surface area contributed by atoms with Gasteiger partial charge in [-0.1, -0.05) is 254 Å². The van der Waals surface area contributed by atoms with Crippen LogP contribution >= 0.6 is 34.8 Å². The lowest BCUT2D eigenvalue weighted by Crippen LogP contribution is -2.26. The summed E-state index contributed by atoms with van der Waals surface area (Å²) >= 11 is 16.0. The Morgan fingerprint density at radius 1 is 0.511 bits per heavy atom. The highest BCUT2D eigenvalue weighted by atomic mass is 35.6. The number of para-hydroxylation sites is 1. The molecule has 0 aliphatic heterocycles. The van der Waals surface area contributed by atoms with Crippen molar-refractivity contribution in [3.63, 3.8) is 0 Å². The van der Waals surface area contributed by atoms with Gasteiger partial charge < -0.3 is 33.2 Å². The van der Waals surface area contributed by atoms with Gasteiger partial charge in [0.25, 0.3) is 5.69 Å². The number of carbonyl (C=O) groups excluding carboxylic acids is 7. The van der Waals surface area contributed by atoms with Crippen molar-refractivity contribution in [2.24, 2.45) is 41.4 Å². The Kier molecular flexibility index (Phi) is 47.9. The van der Waals surface area contributed by atoms with Crippen LogP contribution < -0.4 is 0 Å². The zero-order valence-electron chi connectivity index (χ0n) is 59.8. The molecule has 4 aromatic carbocycles. The predicted molar refractivity (Wildman–Crippen MR) is 377 cm³/mol. The minimum Gasteiger partial charge on any atom is -0.465 e. The molecule has 94 heavy (non-hydrogen) atoms. The molecule has 0 saturated heterocycles. The van der Waals surface area contributed by atoms with Crippen LogP contribution in [0, 0.1) is 51.5 Å². The molecule has 0 aromatic heterocycles. The molecule has 20 heteroatoms. The van der Waals surface area contributed by atoms with E-state index in [1.54, 1.807) is 59.7 Å². The van der Waals surface area contributed by atoms with E-state index in [9.17, 15) is 43.7 Å². The number of ether oxygens (including phenoxy) is 7. The SMILES string of the molecule is C=COC(=O)C(C)C.CC(C)=C(C)C.CC(C)C(=O)OC(C)(C)C.CC(C)C(=O)OCC(Cl)(Cl)Cl.CC(C)C(=O)OCC1c2ccccc2-c2ccccc21.CC(C)C(=O)OCc1ccccc1.CC(C)C(=O)OCc1ccccc1[N+](=O)[O-].CCCCOC(=O)C(C)C. The number of nitrogens with zero attached hydrogens (tertiary/aromatic N) is 1. The molecule has 5 rings (SSSR count). The quantitative estimate of drug-likeness (QED) is 0.0124. The lowest BCUT2D eigenvalue weighted by Gasteiger charge is -2.20. The fourth-order valence-electron chi connectivity index (χ4n) is 6.23. The van der Waals surface area contributed by atoms with E-state index < -0.39 is 8.72 Å². The molecule has 17 nitrogen and oxygen atoms in total. The van der Waals surface area contributed by atoms with Crippen molar-refractivity contribution >= 4 is 82.3 Å². The topological polar surface area (TPSA) is 227 Å². The molecular formula is C74H108Cl3NO16. The highest BCUT2D eigenvalue weighted by Crippen LogP contribution is 2.44. The van der Waals surface area contributed by atoms with Crippen LogP contribution in [0.1, 0.15) is 193 Å². The second-order valence-corrected chi connectivity index (χ2v) is 27.4. The molecule has 1 aliphatic rings. The zero-order chi connectivity index (χ0) is 73.1. The van der Waals surface area contributed by atoms with Crippen LogP contribution in [-0.2, 0) is 79.9 Å². The van der Waals surface area contributed by atoms with Gasteiger partial charge in [0.15, 0.2) is 0 Å². The largest absolute Gasteiger partial charge is 0.465 e. The molecule has 1 aliphatic carbocycles. The molecule has 0 bridgehead atoms. The molecule has 0 saturated carbocycles. The summed E-state index contributed by atoms with van der Waals surface area (Å²) in [6, 6.07) is 32.6. The molecule has 0 spiro atoms.